The molecule has 7 nitrogen and oxygen atoms in total. The van der Waals surface area contributed by atoms with E-state index in [2.05, 4.69) is 5.32 Å². The van der Waals surface area contributed by atoms with E-state index >= 15 is 0 Å². The number of aromatic nitrogens is 1. The van der Waals surface area contributed by atoms with Crippen LogP contribution in [0, 0.1) is 0 Å². The van der Waals surface area contributed by atoms with E-state index in [0.717, 1.165) is 11.1 Å². The molecular formula is C22H30N2O5. The number of nitrogens with one attached hydrogen (secondary N) is 1. The maximum Gasteiger partial charge on any atom is 0.407 e. The van der Waals surface area contributed by atoms with Crippen LogP contribution in [-0.2, 0) is 22.4 Å². The lowest BCUT2D eigenvalue weighted by Gasteiger charge is -2.19. The Labute approximate surface area is 171 Å². The zero-order chi connectivity index (χ0) is 21.6. The van der Waals surface area contributed by atoms with E-state index in [4.69, 9.17) is 9.47 Å². The van der Waals surface area contributed by atoms with Crippen molar-refractivity contribution in [1.29, 1.82) is 0 Å². The summed E-state index contributed by atoms with van der Waals surface area (Å²) in [5.41, 5.74) is 0.936. The van der Waals surface area contributed by atoms with Crippen molar-refractivity contribution in [3.05, 3.63) is 45.7 Å². The number of nitrogens with zero attached hydrogens (tertiary/aromatic N) is 1. The molecule has 0 bridgehead atoms. The minimum absolute atomic E-state index is 0.0462. The second-order valence-electron chi connectivity index (χ2n) is 7.76. The highest BCUT2D eigenvalue weighted by Gasteiger charge is 2.17. The number of hydrogen-bond acceptors (Lipinski definition) is 5. The molecule has 1 N–H and O–H groups in total. The fourth-order valence-corrected chi connectivity index (χ4v) is 3.01. The van der Waals surface area contributed by atoms with E-state index in [-0.39, 0.29) is 17.6 Å². The smallest absolute Gasteiger partial charge is 0.407 e. The Morgan fingerprint density at radius 3 is 2.52 bits per heavy atom. The number of carbonyl (C=O) groups is 2. The van der Waals surface area contributed by atoms with Gasteiger partial charge in [-0.2, -0.15) is 0 Å². The van der Waals surface area contributed by atoms with Crippen molar-refractivity contribution in [1.82, 2.24) is 9.88 Å². The van der Waals surface area contributed by atoms with Crippen LogP contribution in [0.1, 0.15) is 57.0 Å². The molecule has 2 aromatic rings. The van der Waals surface area contributed by atoms with Crippen LogP contribution in [0.15, 0.2) is 29.2 Å². The van der Waals surface area contributed by atoms with Crippen LogP contribution >= 0.6 is 0 Å². The van der Waals surface area contributed by atoms with E-state index in [0.29, 0.717) is 31.3 Å². The number of alkyl carbamates (subject to hydrolysis) is 1. The molecule has 0 unspecified atom stereocenters. The summed E-state index contributed by atoms with van der Waals surface area (Å²) in [5.74, 6) is -0.603. The summed E-state index contributed by atoms with van der Waals surface area (Å²) < 4.78 is 12.1. The van der Waals surface area contributed by atoms with E-state index in [1.165, 1.54) is 0 Å². The first-order valence-electron chi connectivity index (χ1n) is 9.96. The number of rotatable bonds is 7. The van der Waals surface area contributed by atoms with Crippen LogP contribution in [0.5, 0.6) is 0 Å². The number of esters is 1. The Morgan fingerprint density at radius 2 is 1.90 bits per heavy atom. The van der Waals surface area contributed by atoms with Crippen molar-refractivity contribution in [2.24, 2.45) is 0 Å². The van der Waals surface area contributed by atoms with Crippen LogP contribution < -0.4 is 10.7 Å². The number of fused-ring (bicyclic) bond motifs is 1. The molecule has 29 heavy (non-hydrogen) atoms. The number of benzene rings is 1. The molecule has 1 heterocycles. The number of carbonyl (C=O) groups excluding carboxylic acids is 2. The Kier molecular flexibility index (Phi) is 7.42. The molecule has 0 atom stereocenters. The molecule has 0 aliphatic rings. The van der Waals surface area contributed by atoms with Gasteiger partial charge in [-0.15, -0.1) is 0 Å². The van der Waals surface area contributed by atoms with Crippen LogP contribution in [0.3, 0.4) is 0 Å². The van der Waals surface area contributed by atoms with Crippen molar-refractivity contribution >= 4 is 23.0 Å². The molecule has 0 aliphatic carbocycles. The topological polar surface area (TPSA) is 86.6 Å². The first-order valence-corrected chi connectivity index (χ1v) is 9.96. The number of amides is 1. The normalized spacial score (nSPS) is 11.3. The van der Waals surface area contributed by atoms with Gasteiger partial charge in [0, 0.05) is 24.7 Å². The van der Waals surface area contributed by atoms with Crippen LogP contribution in [0.4, 0.5) is 4.79 Å². The number of aryl methyl sites for hydroxylation is 2. The molecule has 0 saturated heterocycles. The van der Waals surface area contributed by atoms with Gasteiger partial charge in [0.05, 0.1) is 12.1 Å². The summed E-state index contributed by atoms with van der Waals surface area (Å²) in [6, 6.07) is 5.68. The average molecular weight is 402 g/mol. The Morgan fingerprint density at radius 1 is 1.17 bits per heavy atom. The summed E-state index contributed by atoms with van der Waals surface area (Å²) in [4.78, 5) is 36.7. The van der Waals surface area contributed by atoms with Gasteiger partial charge in [-0.1, -0.05) is 6.07 Å². The van der Waals surface area contributed by atoms with Crippen molar-refractivity contribution in [3.8, 4) is 0 Å². The monoisotopic (exact) mass is 402 g/mol. The number of hydrogen-bond donors (Lipinski definition) is 1. The van der Waals surface area contributed by atoms with Gasteiger partial charge < -0.3 is 19.4 Å². The molecule has 0 spiro atoms. The molecule has 0 saturated carbocycles. The minimum Gasteiger partial charge on any atom is -0.462 e. The lowest BCUT2D eigenvalue weighted by atomic mass is 10.0. The zero-order valence-corrected chi connectivity index (χ0v) is 17.8. The van der Waals surface area contributed by atoms with Crippen molar-refractivity contribution in [2.75, 3.05) is 13.2 Å². The molecule has 0 fully saturated rings. The second-order valence-corrected chi connectivity index (χ2v) is 7.76. The third kappa shape index (κ3) is 6.07. The molecule has 1 aromatic carbocycles. The first kappa shape index (κ1) is 22.5. The first-order chi connectivity index (χ1) is 13.7. The Hall–Kier alpha value is -2.83. The van der Waals surface area contributed by atoms with Crippen molar-refractivity contribution in [3.63, 3.8) is 0 Å². The predicted octanol–water partition coefficient (Wildman–Crippen LogP) is 3.66. The van der Waals surface area contributed by atoms with E-state index < -0.39 is 17.7 Å². The molecule has 1 amide bonds. The maximum absolute atomic E-state index is 12.8. The number of pyridine rings is 1. The van der Waals surface area contributed by atoms with Gasteiger partial charge in [0.15, 0.2) is 0 Å². The zero-order valence-electron chi connectivity index (χ0n) is 17.8. The van der Waals surface area contributed by atoms with Gasteiger partial charge in [-0.3, -0.25) is 4.79 Å². The van der Waals surface area contributed by atoms with Crippen LogP contribution in [-0.4, -0.2) is 35.4 Å². The molecule has 158 valence electrons. The lowest BCUT2D eigenvalue weighted by molar-refractivity contribution is 0.0515. The van der Waals surface area contributed by atoms with Gasteiger partial charge in [-0.05, 0) is 65.2 Å². The Balaban J connectivity index is 2.16. The van der Waals surface area contributed by atoms with Crippen molar-refractivity contribution in [2.45, 2.75) is 59.6 Å². The van der Waals surface area contributed by atoms with Gasteiger partial charge in [0.25, 0.3) is 0 Å². The number of ether oxygens (including phenoxy) is 2. The van der Waals surface area contributed by atoms with Gasteiger partial charge in [0.1, 0.15) is 11.2 Å². The highest BCUT2D eigenvalue weighted by molar-refractivity contribution is 5.93. The largest absolute Gasteiger partial charge is 0.462 e. The van der Waals surface area contributed by atoms with Gasteiger partial charge >= 0.3 is 12.1 Å². The molecular weight excluding hydrogens is 372 g/mol. The summed E-state index contributed by atoms with van der Waals surface area (Å²) >= 11 is 0. The lowest BCUT2D eigenvalue weighted by Crippen LogP contribution is -2.33. The summed E-state index contributed by atoms with van der Waals surface area (Å²) in [6.45, 7) is 10.4. The van der Waals surface area contributed by atoms with E-state index in [1.807, 2.05) is 50.5 Å². The fourth-order valence-electron chi connectivity index (χ4n) is 3.01. The maximum atomic E-state index is 12.8. The molecule has 2 rings (SSSR count). The second kappa shape index (κ2) is 9.58. The van der Waals surface area contributed by atoms with E-state index in [9.17, 15) is 14.4 Å². The molecule has 1 aromatic heterocycles. The molecule has 0 aliphatic heterocycles. The summed E-state index contributed by atoms with van der Waals surface area (Å²) in [7, 11) is 0. The Bertz CT molecular complexity index is 941. The highest BCUT2D eigenvalue weighted by atomic mass is 16.6. The van der Waals surface area contributed by atoms with Gasteiger partial charge in [0.2, 0.25) is 5.43 Å². The van der Waals surface area contributed by atoms with Gasteiger partial charge in [-0.25, -0.2) is 9.59 Å². The predicted molar refractivity (Wildman–Crippen MR) is 112 cm³/mol. The minimum atomic E-state index is -0.603. The summed E-state index contributed by atoms with van der Waals surface area (Å²) in [5, 5.41) is 3.22. The highest BCUT2D eigenvalue weighted by Crippen LogP contribution is 2.16. The molecule has 7 heteroatoms. The fraction of sp³-hybridized carbons (Fsp3) is 0.500. The molecule has 0 radical (unpaired) electrons. The third-order valence-electron chi connectivity index (χ3n) is 4.29. The van der Waals surface area contributed by atoms with Crippen molar-refractivity contribution < 1.29 is 19.1 Å². The SMILES string of the molecule is CCOC(=O)c1cn(CC)c2ccc(CCCNC(=O)OC(C)(C)C)cc2c1=O. The van der Waals surface area contributed by atoms with Crippen LogP contribution in [0.2, 0.25) is 0 Å². The van der Waals surface area contributed by atoms with E-state index in [1.54, 1.807) is 13.1 Å². The average Bonchev–Trinajstić information content (AvgIpc) is 2.64. The third-order valence-corrected chi connectivity index (χ3v) is 4.29. The van der Waals surface area contributed by atoms with Crippen LogP contribution in [0.25, 0.3) is 10.9 Å². The standard InChI is InChI=1S/C22H30N2O5/c1-6-24-14-17(20(26)28-7-2)19(25)16-13-15(10-11-18(16)24)9-8-12-23-21(27)29-22(3,4)5/h10-11,13-14H,6-9,12H2,1-5H3,(H,23,27). The summed E-state index contributed by atoms with van der Waals surface area (Å²) in [6.07, 6.45) is 2.50. The quantitative estimate of drug-likeness (QED) is 0.564.